The van der Waals surface area contributed by atoms with Crippen LogP contribution in [0.15, 0.2) is 12.5 Å². The predicted octanol–water partition coefficient (Wildman–Crippen LogP) is -2.94. The Morgan fingerprint density at radius 1 is 1.18 bits per heavy atom. The zero-order valence-corrected chi connectivity index (χ0v) is 15.2. The van der Waals surface area contributed by atoms with E-state index in [0.29, 0.717) is 25.1 Å². The van der Waals surface area contributed by atoms with Gasteiger partial charge in [0, 0.05) is 19.2 Å². The maximum atomic E-state index is 10.3. The number of nitrogens with two attached hydrogens (primary N) is 4. The van der Waals surface area contributed by atoms with E-state index in [-0.39, 0.29) is 18.9 Å². The van der Waals surface area contributed by atoms with Gasteiger partial charge in [-0.05, 0) is 12.8 Å². The summed E-state index contributed by atoms with van der Waals surface area (Å²) in [7, 11) is 0. The predicted molar refractivity (Wildman–Crippen MR) is 99.4 cm³/mol. The van der Waals surface area contributed by atoms with Crippen LogP contribution in [0.5, 0.6) is 0 Å². The molecule has 0 saturated heterocycles. The Labute approximate surface area is 160 Å². The van der Waals surface area contributed by atoms with E-state index in [1.807, 2.05) is 0 Å². The van der Waals surface area contributed by atoms with Gasteiger partial charge in [0.2, 0.25) is 0 Å². The molecule has 0 aliphatic heterocycles. The molecule has 0 aliphatic rings. The van der Waals surface area contributed by atoms with Crippen LogP contribution >= 0.6 is 0 Å². The van der Waals surface area contributed by atoms with Gasteiger partial charge in [0.15, 0.2) is 5.96 Å². The van der Waals surface area contributed by atoms with Crippen molar-refractivity contribution in [2.75, 3.05) is 13.1 Å². The van der Waals surface area contributed by atoms with Crippen molar-refractivity contribution < 1.29 is 29.7 Å². The van der Waals surface area contributed by atoms with Gasteiger partial charge in [-0.2, -0.15) is 0 Å². The number of aliphatic carboxylic acids is 3. The molecule has 0 fully saturated rings. The van der Waals surface area contributed by atoms with Crippen molar-refractivity contribution in [2.24, 2.45) is 22.9 Å². The summed E-state index contributed by atoms with van der Waals surface area (Å²) in [5.41, 5.74) is 20.7. The third kappa shape index (κ3) is 17.6. The minimum Gasteiger partial charge on any atom is -0.480 e. The van der Waals surface area contributed by atoms with Crippen LogP contribution in [-0.4, -0.2) is 74.3 Å². The highest BCUT2D eigenvalue weighted by Crippen LogP contribution is 1.95. The number of hydrogen-bond acceptors (Lipinski definition) is 8. The first kappa shape index (κ1) is 27.0. The van der Waals surface area contributed by atoms with Crippen LogP contribution in [0.2, 0.25) is 0 Å². The molecule has 2 unspecified atom stereocenters. The molecule has 28 heavy (non-hydrogen) atoms. The summed E-state index contributed by atoms with van der Waals surface area (Å²) in [6.07, 6.45) is 4.36. The molecule has 14 heteroatoms. The van der Waals surface area contributed by atoms with E-state index in [0.717, 1.165) is 0 Å². The number of carboxylic acid groups (broad SMARTS) is 3. The van der Waals surface area contributed by atoms with Crippen molar-refractivity contribution in [1.82, 2.24) is 15.3 Å². The fourth-order valence-corrected chi connectivity index (χ4v) is 1.38. The van der Waals surface area contributed by atoms with E-state index >= 15 is 0 Å². The Hall–Kier alpha value is -3.23. The normalized spacial score (nSPS) is 11.5. The van der Waals surface area contributed by atoms with Crippen molar-refractivity contribution in [3.63, 3.8) is 0 Å². The van der Waals surface area contributed by atoms with E-state index in [1.165, 1.54) is 6.33 Å². The highest BCUT2D eigenvalue weighted by Gasteiger charge is 2.12. The minimum atomic E-state index is -1.01. The largest absolute Gasteiger partial charge is 0.480 e. The van der Waals surface area contributed by atoms with E-state index in [4.69, 9.17) is 37.9 Å². The number of aromatic nitrogens is 2. The molecule has 1 aromatic heterocycles. The Balaban J connectivity index is 0. The number of nitrogens with one attached hydrogen (secondary N) is 3. The van der Waals surface area contributed by atoms with Crippen molar-refractivity contribution in [2.45, 2.75) is 31.3 Å². The summed E-state index contributed by atoms with van der Waals surface area (Å²) in [6.45, 7) is 0.205. The van der Waals surface area contributed by atoms with Gasteiger partial charge < -0.3 is 48.6 Å². The molecule has 0 radical (unpaired) electrons. The molecule has 1 aromatic rings. The first-order chi connectivity index (χ1) is 13.0. The molecule has 0 spiro atoms. The SMILES string of the molecule is N=C(N)NCCCC(N)C(=O)O.NC(Cc1c[nH]cn1)C(=O)O.NCC(=O)O. The zero-order chi connectivity index (χ0) is 22.1. The summed E-state index contributed by atoms with van der Waals surface area (Å²) in [5, 5.41) is 33.7. The van der Waals surface area contributed by atoms with Crippen molar-refractivity contribution >= 4 is 23.9 Å². The second kappa shape index (κ2) is 16.0. The fourth-order valence-electron chi connectivity index (χ4n) is 1.38. The van der Waals surface area contributed by atoms with Crippen LogP contribution < -0.4 is 28.3 Å². The third-order valence-electron chi connectivity index (χ3n) is 2.80. The Morgan fingerprint density at radius 3 is 2.07 bits per heavy atom. The second-order valence-electron chi connectivity index (χ2n) is 5.23. The Morgan fingerprint density at radius 2 is 1.71 bits per heavy atom. The van der Waals surface area contributed by atoms with Gasteiger partial charge in [-0.25, -0.2) is 4.98 Å². The average Bonchev–Trinajstić information content (AvgIpc) is 3.12. The molecular weight excluding hydrogens is 376 g/mol. The summed E-state index contributed by atoms with van der Waals surface area (Å²) in [6, 6.07) is -1.68. The molecule has 0 saturated carbocycles. The highest BCUT2D eigenvalue weighted by molar-refractivity contribution is 5.74. The third-order valence-corrected chi connectivity index (χ3v) is 2.80. The number of carbonyl (C=O) groups is 3. The summed E-state index contributed by atoms with van der Waals surface area (Å²) < 4.78 is 0. The number of guanidine groups is 1. The number of H-pyrrole nitrogens is 1. The molecule has 0 amide bonds. The Bertz CT molecular complexity index is 595. The van der Waals surface area contributed by atoms with Crippen LogP contribution in [-0.2, 0) is 20.8 Å². The minimum absolute atomic E-state index is 0.112. The molecule has 160 valence electrons. The molecule has 1 heterocycles. The van der Waals surface area contributed by atoms with Crippen molar-refractivity contribution in [1.29, 1.82) is 5.41 Å². The van der Waals surface area contributed by atoms with Gasteiger partial charge >= 0.3 is 17.9 Å². The van der Waals surface area contributed by atoms with Crippen LogP contribution in [0.1, 0.15) is 18.5 Å². The lowest BCUT2D eigenvalue weighted by Crippen LogP contribution is -2.34. The first-order valence-electron chi connectivity index (χ1n) is 7.95. The fraction of sp³-hybridized carbons (Fsp3) is 0.500. The number of hydrogen-bond donors (Lipinski definition) is 10. The lowest BCUT2D eigenvalue weighted by Gasteiger charge is -2.06. The van der Waals surface area contributed by atoms with Gasteiger partial charge in [0.05, 0.1) is 18.6 Å². The lowest BCUT2D eigenvalue weighted by molar-refractivity contribution is -0.139. The monoisotopic (exact) mass is 404 g/mol. The smallest absolute Gasteiger partial charge is 0.320 e. The number of nitrogens with zero attached hydrogens (tertiary/aromatic N) is 1. The first-order valence-corrected chi connectivity index (χ1v) is 7.95. The van der Waals surface area contributed by atoms with Gasteiger partial charge in [-0.1, -0.05) is 0 Å². The van der Waals surface area contributed by atoms with E-state index < -0.39 is 30.0 Å². The van der Waals surface area contributed by atoms with Gasteiger partial charge in [0.25, 0.3) is 0 Å². The topological polar surface area (TPSA) is 281 Å². The molecule has 2 atom stereocenters. The summed E-state index contributed by atoms with van der Waals surface area (Å²) in [5.74, 6) is -3.09. The molecule has 0 aliphatic carbocycles. The van der Waals surface area contributed by atoms with Gasteiger partial charge in [-0.3, -0.25) is 19.8 Å². The number of rotatable bonds is 9. The molecular formula is C14H28N8O6. The Kier molecular flexibility index (Phi) is 15.4. The standard InChI is InChI=1S/C6H14N4O2.C6H9N3O2.C2H5NO2/c7-4(5(11)12)2-1-3-10-6(8)9;7-5(6(10)11)1-4-2-8-3-9-4;3-1-2(4)5/h4H,1-3,7H2,(H,11,12)(H4,8,9,10);2-3,5H,1,7H2,(H,8,9)(H,10,11);1,3H2,(H,4,5). The summed E-state index contributed by atoms with van der Waals surface area (Å²) >= 11 is 0. The maximum Gasteiger partial charge on any atom is 0.320 e. The van der Waals surface area contributed by atoms with Crippen LogP contribution in [0, 0.1) is 5.41 Å². The number of imidazole rings is 1. The highest BCUT2D eigenvalue weighted by atomic mass is 16.4. The van der Waals surface area contributed by atoms with E-state index in [2.05, 4.69) is 21.0 Å². The number of carboxylic acids is 3. The summed E-state index contributed by atoms with van der Waals surface area (Å²) in [4.78, 5) is 36.3. The zero-order valence-electron chi connectivity index (χ0n) is 15.2. The van der Waals surface area contributed by atoms with E-state index in [9.17, 15) is 14.4 Å². The molecule has 1 rings (SSSR count). The molecule has 0 bridgehead atoms. The van der Waals surface area contributed by atoms with Crippen LogP contribution in [0.3, 0.4) is 0 Å². The van der Waals surface area contributed by atoms with E-state index in [1.54, 1.807) is 6.20 Å². The molecule has 14 N–H and O–H groups in total. The second-order valence-corrected chi connectivity index (χ2v) is 5.23. The average molecular weight is 404 g/mol. The van der Waals surface area contributed by atoms with Gasteiger partial charge in [0.1, 0.15) is 12.1 Å². The number of aromatic amines is 1. The lowest BCUT2D eigenvalue weighted by atomic mass is 10.2. The van der Waals surface area contributed by atoms with Crippen molar-refractivity contribution in [3.05, 3.63) is 18.2 Å². The van der Waals surface area contributed by atoms with Crippen LogP contribution in [0.4, 0.5) is 0 Å². The molecule has 14 nitrogen and oxygen atoms in total. The van der Waals surface area contributed by atoms with Gasteiger partial charge in [-0.15, -0.1) is 0 Å². The quantitative estimate of drug-likeness (QED) is 0.112. The molecule has 0 aromatic carbocycles. The van der Waals surface area contributed by atoms with Crippen molar-refractivity contribution in [3.8, 4) is 0 Å². The maximum absolute atomic E-state index is 10.3. The van der Waals surface area contributed by atoms with Crippen LogP contribution in [0.25, 0.3) is 0 Å².